The second-order valence-corrected chi connectivity index (χ2v) is 4.87. The lowest BCUT2D eigenvalue weighted by Crippen LogP contribution is -2.30. The molecule has 1 aromatic heterocycles. The minimum Gasteiger partial charge on any atom is -0.446 e. The van der Waals surface area contributed by atoms with Crippen molar-refractivity contribution in [2.45, 2.75) is 45.1 Å². The number of aryl methyl sites for hydroxylation is 2. The maximum absolute atomic E-state index is 8.82. The largest absolute Gasteiger partial charge is 0.446 e. The summed E-state index contributed by atoms with van der Waals surface area (Å²) in [6, 6.07) is 0.412. The summed E-state index contributed by atoms with van der Waals surface area (Å²) in [5.41, 5.74) is 1.10. The van der Waals surface area contributed by atoms with Crippen LogP contribution in [-0.2, 0) is 6.42 Å². The molecule has 0 spiro atoms. The van der Waals surface area contributed by atoms with Crippen molar-refractivity contribution in [2.24, 2.45) is 0 Å². The highest BCUT2D eigenvalue weighted by molar-refractivity contribution is 5.14. The molecule has 2 rings (SSSR count). The predicted molar refractivity (Wildman–Crippen MR) is 65.9 cm³/mol. The van der Waals surface area contributed by atoms with E-state index in [1.807, 2.05) is 6.92 Å². The maximum Gasteiger partial charge on any atom is 0.194 e. The summed E-state index contributed by atoms with van der Waals surface area (Å²) in [6.45, 7) is 3.33. The lowest BCUT2D eigenvalue weighted by atomic mass is 9.99. The lowest BCUT2D eigenvalue weighted by Gasteiger charge is -2.31. The summed E-state index contributed by atoms with van der Waals surface area (Å²) in [4.78, 5) is 6.97. The topological polar surface area (TPSA) is 49.5 Å². The fourth-order valence-electron chi connectivity index (χ4n) is 2.53. The van der Waals surface area contributed by atoms with Crippen molar-refractivity contribution in [2.75, 3.05) is 20.2 Å². The van der Waals surface area contributed by atoms with Crippen molar-refractivity contribution in [3.63, 3.8) is 0 Å². The highest BCUT2D eigenvalue weighted by Gasteiger charge is 2.25. The van der Waals surface area contributed by atoms with Gasteiger partial charge in [-0.2, -0.15) is 0 Å². The number of likely N-dealkylation sites (tertiary alicyclic amines) is 1. The molecule has 1 atom stereocenters. The summed E-state index contributed by atoms with van der Waals surface area (Å²) in [5, 5.41) is 8.82. The number of aromatic nitrogens is 1. The van der Waals surface area contributed by atoms with Crippen LogP contribution in [0.2, 0.25) is 0 Å². The number of rotatable bonds is 4. The fraction of sp³-hybridized carbons (Fsp3) is 0.769. The van der Waals surface area contributed by atoms with E-state index in [4.69, 9.17) is 9.52 Å². The van der Waals surface area contributed by atoms with Gasteiger partial charge in [-0.05, 0) is 39.8 Å². The van der Waals surface area contributed by atoms with E-state index in [1.54, 1.807) is 0 Å². The Morgan fingerprint density at radius 3 is 3.00 bits per heavy atom. The quantitative estimate of drug-likeness (QED) is 0.872. The number of hydrogen-bond donors (Lipinski definition) is 1. The van der Waals surface area contributed by atoms with Gasteiger partial charge in [-0.1, -0.05) is 6.42 Å². The lowest BCUT2D eigenvalue weighted by molar-refractivity contribution is 0.182. The van der Waals surface area contributed by atoms with E-state index >= 15 is 0 Å². The third kappa shape index (κ3) is 2.87. The molecule has 4 heteroatoms. The van der Waals surface area contributed by atoms with Gasteiger partial charge in [0.1, 0.15) is 5.76 Å². The molecule has 1 unspecified atom stereocenters. The molecule has 96 valence electrons. The molecule has 17 heavy (non-hydrogen) atoms. The molecule has 1 fully saturated rings. The predicted octanol–water partition coefficient (Wildman–Crippen LogP) is 2.06. The molecular weight excluding hydrogens is 216 g/mol. The Morgan fingerprint density at radius 1 is 1.47 bits per heavy atom. The van der Waals surface area contributed by atoms with Crippen molar-refractivity contribution in [1.82, 2.24) is 9.88 Å². The van der Waals surface area contributed by atoms with Crippen LogP contribution in [-0.4, -0.2) is 35.2 Å². The SMILES string of the molecule is Cc1oc(CCCO)nc1C1CCCCN1C. The molecule has 0 radical (unpaired) electrons. The minimum absolute atomic E-state index is 0.195. The number of hydrogen-bond acceptors (Lipinski definition) is 4. The Hall–Kier alpha value is -0.870. The first-order valence-corrected chi connectivity index (χ1v) is 6.49. The monoisotopic (exact) mass is 238 g/mol. The Morgan fingerprint density at radius 2 is 2.29 bits per heavy atom. The van der Waals surface area contributed by atoms with E-state index in [0.29, 0.717) is 6.04 Å². The first-order valence-electron chi connectivity index (χ1n) is 6.49. The van der Waals surface area contributed by atoms with Crippen LogP contribution in [0, 0.1) is 6.92 Å². The van der Waals surface area contributed by atoms with Crippen LogP contribution in [0.15, 0.2) is 4.42 Å². The Labute approximate surface area is 103 Å². The van der Waals surface area contributed by atoms with Gasteiger partial charge in [-0.3, -0.25) is 4.90 Å². The van der Waals surface area contributed by atoms with Gasteiger partial charge < -0.3 is 9.52 Å². The van der Waals surface area contributed by atoms with E-state index in [9.17, 15) is 0 Å². The number of oxazole rings is 1. The van der Waals surface area contributed by atoms with E-state index in [1.165, 1.54) is 19.3 Å². The first-order chi connectivity index (χ1) is 8.22. The van der Waals surface area contributed by atoms with Crippen LogP contribution >= 0.6 is 0 Å². The zero-order valence-corrected chi connectivity index (χ0v) is 10.8. The maximum atomic E-state index is 8.82. The smallest absolute Gasteiger partial charge is 0.194 e. The molecule has 1 saturated heterocycles. The van der Waals surface area contributed by atoms with Crippen LogP contribution < -0.4 is 0 Å². The average molecular weight is 238 g/mol. The number of aliphatic hydroxyl groups excluding tert-OH is 1. The van der Waals surface area contributed by atoms with Gasteiger partial charge >= 0.3 is 0 Å². The van der Waals surface area contributed by atoms with E-state index in [0.717, 1.165) is 36.7 Å². The average Bonchev–Trinajstić information content (AvgIpc) is 2.68. The Kier molecular flexibility index (Phi) is 4.18. The van der Waals surface area contributed by atoms with Gasteiger partial charge in [0.15, 0.2) is 5.89 Å². The summed E-state index contributed by atoms with van der Waals surface area (Å²) in [5.74, 6) is 1.71. The molecule has 1 N–H and O–H groups in total. The van der Waals surface area contributed by atoms with Crippen molar-refractivity contribution in [3.8, 4) is 0 Å². The van der Waals surface area contributed by atoms with Crippen molar-refractivity contribution in [1.29, 1.82) is 0 Å². The van der Waals surface area contributed by atoms with Crippen molar-refractivity contribution in [3.05, 3.63) is 17.3 Å². The first kappa shape index (κ1) is 12.6. The molecule has 0 aromatic carbocycles. The number of aliphatic hydroxyl groups is 1. The van der Waals surface area contributed by atoms with Gasteiger partial charge in [0.2, 0.25) is 0 Å². The molecule has 2 heterocycles. The summed E-state index contributed by atoms with van der Waals surface area (Å²) in [6.07, 6.45) is 5.17. The zero-order chi connectivity index (χ0) is 12.3. The molecule has 1 aliphatic heterocycles. The minimum atomic E-state index is 0.195. The molecule has 1 aromatic rings. The standard InChI is InChI=1S/C13H22N2O2/c1-10-13(11-6-3-4-8-15(11)2)14-12(17-10)7-5-9-16/h11,16H,3-9H2,1-2H3. The summed E-state index contributed by atoms with van der Waals surface area (Å²) in [7, 11) is 2.16. The fourth-order valence-corrected chi connectivity index (χ4v) is 2.53. The van der Waals surface area contributed by atoms with Gasteiger partial charge in [0, 0.05) is 13.0 Å². The normalized spacial score (nSPS) is 21.9. The zero-order valence-electron chi connectivity index (χ0n) is 10.8. The van der Waals surface area contributed by atoms with E-state index < -0.39 is 0 Å². The molecule has 0 aliphatic carbocycles. The van der Waals surface area contributed by atoms with Crippen LogP contribution in [0.1, 0.15) is 49.1 Å². The number of piperidine rings is 1. The van der Waals surface area contributed by atoms with E-state index in [-0.39, 0.29) is 6.61 Å². The third-order valence-electron chi connectivity index (χ3n) is 3.51. The molecule has 0 bridgehead atoms. The van der Waals surface area contributed by atoms with E-state index in [2.05, 4.69) is 16.9 Å². The van der Waals surface area contributed by atoms with Crippen LogP contribution in [0.5, 0.6) is 0 Å². The van der Waals surface area contributed by atoms with Gasteiger partial charge in [0.05, 0.1) is 11.7 Å². The summed E-state index contributed by atoms with van der Waals surface area (Å²) >= 11 is 0. The second-order valence-electron chi connectivity index (χ2n) is 4.87. The van der Waals surface area contributed by atoms with Gasteiger partial charge in [0.25, 0.3) is 0 Å². The highest BCUT2D eigenvalue weighted by Crippen LogP contribution is 2.31. The molecule has 0 saturated carbocycles. The molecular formula is C13H22N2O2. The van der Waals surface area contributed by atoms with Crippen molar-refractivity contribution < 1.29 is 9.52 Å². The molecule has 4 nitrogen and oxygen atoms in total. The summed E-state index contributed by atoms with van der Waals surface area (Å²) < 4.78 is 5.67. The molecule has 1 aliphatic rings. The van der Waals surface area contributed by atoms with Crippen LogP contribution in [0.4, 0.5) is 0 Å². The Bertz CT molecular complexity index is 362. The Balaban J connectivity index is 2.11. The van der Waals surface area contributed by atoms with Crippen molar-refractivity contribution >= 4 is 0 Å². The highest BCUT2D eigenvalue weighted by atomic mass is 16.4. The second kappa shape index (κ2) is 5.65. The number of nitrogens with zero attached hydrogens (tertiary/aromatic N) is 2. The third-order valence-corrected chi connectivity index (χ3v) is 3.51. The van der Waals surface area contributed by atoms with Crippen LogP contribution in [0.25, 0.3) is 0 Å². The molecule has 0 amide bonds. The van der Waals surface area contributed by atoms with Crippen LogP contribution in [0.3, 0.4) is 0 Å². The van der Waals surface area contributed by atoms with Gasteiger partial charge in [-0.25, -0.2) is 4.98 Å². The van der Waals surface area contributed by atoms with Gasteiger partial charge in [-0.15, -0.1) is 0 Å².